The van der Waals surface area contributed by atoms with Gasteiger partial charge in [0.15, 0.2) is 5.76 Å². The lowest BCUT2D eigenvalue weighted by atomic mass is 10.2. The first-order valence-electron chi connectivity index (χ1n) is 7.54. The average molecular weight is 591 g/mol. The van der Waals surface area contributed by atoms with E-state index in [1.165, 1.54) is 0 Å². The number of furan rings is 1. The molecule has 0 aliphatic rings. The minimum Gasteiger partial charge on any atom is -0.450 e. The van der Waals surface area contributed by atoms with Crippen LogP contribution >= 0.6 is 54.5 Å². The van der Waals surface area contributed by atoms with E-state index in [0.29, 0.717) is 5.58 Å². The van der Waals surface area contributed by atoms with Crippen molar-refractivity contribution in [2.75, 3.05) is 19.0 Å². The number of fused-ring (bicyclic) bond motifs is 1. The highest BCUT2D eigenvalue weighted by Crippen LogP contribution is 2.28. The fourth-order valence-corrected chi connectivity index (χ4v) is 4.79. The third-order valence-electron chi connectivity index (χ3n) is 3.59. The Hall–Kier alpha value is -1.39. The van der Waals surface area contributed by atoms with Crippen LogP contribution in [0.1, 0.15) is 16.1 Å². The fraction of sp³-hybridized carbons (Fsp3) is 0.111. The summed E-state index contributed by atoms with van der Waals surface area (Å²) in [6.07, 6.45) is 1.59. The highest BCUT2D eigenvalue weighted by molar-refractivity contribution is 14.1. The molecule has 0 aliphatic heterocycles. The Balaban J connectivity index is 1.73. The summed E-state index contributed by atoms with van der Waals surface area (Å²) in [7, 11) is 3.95. The van der Waals surface area contributed by atoms with Gasteiger partial charge in [0.05, 0.1) is 15.5 Å². The maximum atomic E-state index is 12.3. The number of nitrogens with zero attached hydrogens (tertiary/aromatic N) is 2. The Morgan fingerprint density at radius 3 is 2.69 bits per heavy atom. The predicted molar refractivity (Wildman–Crippen MR) is 120 cm³/mol. The molecule has 0 saturated carbocycles. The van der Waals surface area contributed by atoms with Crippen LogP contribution < -0.4 is 10.3 Å². The molecule has 3 rings (SSSR count). The smallest absolute Gasteiger partial charge is 0.307 e. The van der Waals surface area contributed by atoms with Crippen molar-refractivity contribution in [2.45, 2.75) is 0 Å². The number of benzene rings is 2. The van der Waals surface area contributed by atoms with Crippen LogP contribution in [0, 0.1) is 3.57 Å². The van der Waals surface area contributed by atoms with E-state index in [2.05, 4.69) is 65.0 Å². The number of hydrogen-bond acceptors (Lipinski definition) is 4. The van der Waals surface area contributed by atoms with E-state index in [4.69, 9.17) is 4.42 Å². The maximum absolute atomic E-state index is 12.3. The molecule has 1 aromatic heterocycles. The summed E-state index contributed by atoms with van der Waals surface area (Å²) in [6, 6.07) is 11.4. The molecule has 26 heavy (non-hydrogen) atoms. The summed E-state index contributed by atoms with van der Waals surface area (Å²) in [6.45, 7) is 0. The third kappa shape index (κ3) is 4.29. The van der Waals surface area contributed by atoms with Crippen molar-refractivity contribution in [3.05, 3.63) is 60.2 Å². The lowest BCUT2D eigenvalue weighted by Crippen LogP contribution is -2.16. The molecule has 0 saturated heterocycles. The van der Waals surface area contributed by atoms with Gasteiger partial charge in [-0.1, -0.05) is 22.0 Å². The van der Waals surface area contributed by atoms with Gasteiger partial charge in [0.2, 0.25) is 0 Å². The molecule has 0 aliphatic carbocycles. The average Bonchev–Trinajstić information content (AvgIpc) is 2.99. The zero-order valence-electron chi connectivity index (χ0n) is 13.9. The van der Waals surface area contributed by atoms with E-state index in [0.717, 1.165) is 29.2 Å². The minimum atomic E-state index is -0.395. The van der Waals surface area contributed by atoms with Crippen LogP contribution in [0.15, 0.2) is 54.9 Å². The number of nitrogens with one attached hydrogen (secondary N) is 1. The second kappa shape index (κ2) is 8.10. The van der Waals surface area contributed by atoms with Crippen molar-refractivity contribution in [2.24, 2.45) is 5.10 Å². The van der Waals surface area contributed by atoms with Gasteiger partial charge in [-0.05, 0) is 74.4 Å². The van der Waals surface area contributed by atoms with Crippen molar-refractivity contribution in [3.63, 3.8) is 0 Å². The fourth-order valence-electron chi connectivity index (χ4n) is 2.37. The Morgan fingerprint density at radius 1 is 1.23 bits per heavy atom. The van der Waals surface area contributed by atoms with Gasteiger partial charge >= 0.3 is 5.91 Å². The minimum absolute atomic E-state index is 0.220. The van der Waals surface area contributed by atoms with Gasteiger partial charge in [0.25, 0.3) is 0 Å². The maximum Gasteiger partial charge on any atom is 0.307 e. The molecule has 0 bridgehead atoms. The molecular formula is C18H14Br2IN3O2. The molecule has 0 spiro atoms. The first-order chi connectivity index (χ1) is 12.3. The van der Waals surface area contributed by atoms with Crippen LogP contribution in [0.25, 0.3) is 11.0 Å². The highest BCUT2D eigenvalue weighted by Gasteiger charge is 2.14. The second-order valence-corrected chi connectivity index (χ2v) is 8.65. The van der Waals surface area contributed by atoms with Gasteiger partial charge in [-0.15, -0.1) is 0 Å². The lowest BCUT2D eigenvalue weighted by molar-refractivity contribution is 0.0929. The Morgan fingerprint density at radius 2 is 2.00 bits per heavy atom. The topological polar surface area (TPSA) is 57.8 Å². The van der Waals surface area contributed by atoms with Crippen molar-refractivity contribution in [1.29, 1.82) is 0 Å². The van der Waals surface area contributed by atoms with Gasteiger partial charge in [0.1, 0.15) is 5.58 Å². The normalized spacial score (nSPS) is 11.3. The summed E-state index contributed by atoms with van der Waals surface area (Å²) in [5.41, 5.74) is 5.11. The first kappa shape index (κ1) is 19.4. The Kier molecular flexibility index (Phi) is 6.03. The Labute approximate surface area is 181 Å². The summed E-state index contributed by atoms with van der Waals surface area (Å²) in [4.78, 5) is 14.3. The van der Waals surface area contributed by atoms with Crippen molar-refractivity contribution in [3.8, 4) is 0 Å². The third-order valence-corrected chi connectivity index (χ3v) is 5.49. The van der Waals surface area contributed by atoms with E-state index < -0.39 is 5.91 Å². The Bertz CT molecular complexity index is 1020. The van der Waals surface area contributed by atoms with Gasteiger partial charge in [-0.3, -0.25) is 4.79 Å². The number of anilines is 1. The molecule has 8 heteroatoms. The number of carbonyl (C=O) groups is 1. The summed E-state index contributed by atoms with van der Waals surface area (Å²) < 4.78 is 8.47. The van der Waals surface area contributed by atoms with Gasteiger partial charge in [0, 0.05) is 28.4 Å². The van der Waals surface area contributed by atoms with E-state index >= 15 is 0 Å². The van der Waals surface area contributed by atoms with Gasteiger partial charge in [-0.25, -0.2) is 5.43 Å². The molecule has 1 amide bonds. The summed E-state index contributed by atoms with van der Waals surface area (Å²) in [5.74, 6) is -0.175. The molecule has 0 fully saturated rings. The zero-order valence-corrected chi connectivity index (χ0v) is 19.2. The van der Waals surface area contributed by atoms with Crippen LogP contribution in [0.3, 0.4) is 0 Å². The lowest BCUT2D eigenvalue weighted by Gasteiger charge is -2.14. The second-order valence-electron chi connectivity index (χ2n) is 5.72. The first-order valence-corrected chi connectivity index (χ1v) is 10.2. The quantitative estimate of drug-likeness (QED) is 0.252. The zero-order chi connectivity index (χ0) is 18.8. The van der Waals surface area contributed by atoms with Crippen LogP contribution in [0.5, 0.6) is 0 Å². The number of amides is 1. The SMILES string of the molecule is CN(C)c1ccc(/C=N\NC(=O)c2cc3cc(Br)cc(I)c3o2)cc1Br. The molecule has 0 atom stereocenters. The molecule has 0 unspecified atom stereocenters. The van der Waals surface area contributed by atoms with Crippen molar-refractivity contribution >= 4 is 83.2 Å². The van der Waals surface area contributed by atoms with E-state index in [-0.39, 0.29) is 5.76 Å². The van der Waals surface area contributed by atoms with Crippen LogP contribution in [0.2, 0.25) is 0 Å². The van der Waals surface area contributed by atoms with E-state index in [1.807, 2.05) is 49.3 Å². The number of hydrogen-bond donors (Lipinski definition) is 1. The largest absolute Gasteiger partial charge is 0.450 e. The predicted octanol–water partition coefficient (Wildman–Crippen LogP) is 5.39. The van der Waals surface area contributed by atoms with Crippen LogP contribution in [0.4, 0.5) is 5.69 Å². The van der Waals surface area contributed by atoms with E-state index in [1.54, 1.807) is 12.3 Å². The molecule has 134 valence electrons. The molecule has 5 nitrogen and oxygen atoms in total. The van der Waals surface area contributed by atoms with Crippen molar-refractivity contribution < 1.29 is 9.21 Å². The molecule has 0 radical (unpaired) electrons. The number of halogens is 3. The van der Waals surface area contributed by atoms with Gasteiger partial charge in [-0.2, -0.15) is 5.10 Å². The van der Waals surface area contributed by atoms with E-state index in [9.17, 15) is 4.79 Å². The number of hydrazone groups is 1. The van der Waals surface area contributed by atoms with Crippen molar-refractivity contribution in [1.82, 2.24) is 5.43 Å². The highest BCUT2D eigenvalue weighted by atomic mass is 127. The molecule has 2 aromatic carbocycles. The molecule has 1 heterocycles. The van der Waals surface area contributed by atoms with Gasteiger partial charge < -0.3 is 9.32 Å². The monoisotopic (exact) mass is 589 g/mol. The van der Waals surface area contributed by atoms with Crippen LogP contribution in [-0.4, -0.2) is 26.2 Å². The summed E-state index contributed by atoms with van der Waals surface area (Å²) in [5, 5.41) is 4.88. The summed E-state index contributed by atoms with van der Waals surface area (Å²) >= 11 is 9.14. The molecular weight excluding hydrogens is 577 g/mol. The standard InChI is InChI=1S/C18H14Br2IN3O2/c1-24(2)15-4-3-10(5-13(15)20)9-22-23-18(25)16-7-11-6-12(19)8-14(21)17(11)26-16/h3-9H,1-2H3,(H,23,25)/b22-9-. The number of carbonyl (C=O) groups excluding carboxylic acids is 1. The molecule has 1 N–H and O–H groups in total. The number of rotatable bonds is 4. The molecule has 3 aromatic rings. The van der Waals surface area contributed by atoms with Crippen LogP contribution in [-0.2, 0) is 0 Å².